The second kappa shape index (κ2) is 9.27. The molecule has 0 aliphatic rings. The van der Waals surface area contributed by atoms with Crippen LogP contribution in [0.1, 0.15) is 6.42 Å². The molecular weight excluding hydrogens is 192 g/mol. The predicted molar refractivity (Wildman–Crippen MR) is 61.9 cm³/mol. The van der Waals surface area contributed by atoms with Crippen LogP contribution in [0, 0.1) is 0 Å². The fourth-order valence-corrected chi connectivity index (χ4v) is 1.08. The first-order valence-corrected chi connectivity index (χ1v) is 4.99. The molecule has 2 amide bonds. The average Bonchev–Trinajstić information content (AvgIpc) is 2.24. The quantitative estimate of drug-likeness (QED) is 0.488. The van der Waals surface area contributed by atoms with Crippen LogP contribution in [0.5, 0.6) is 0 Å². The average molecular weight is 212 g/mol. The number of urea groups is 1. The Labute approximate surface area is 91.6 Å². The summed E-state index contributed by atoms with van der Waals surface area (Å²) < 4.78 is 4.88. The van der Waals surface area contributed by atoms with Gasteiger partial charge >= 0.3 is 6.03 Å². The van der Waals surface area contributed by atoms with Gasteiger partial charge in [0.15, 0.2) is 0 Å². The molecule has 0 aliphatic carbocycles. The molecule has 0 aromatic rings. The van der Waals surface area contributed by atoms with E-state index in [1.54, 1.807) is 24.2 Å². The number of methoxy groups -OCH3 is 1. The Bertz CT molecular complexity index is 195. The van der Waals surface area contributed by atoms with Crippen molar-refractivity contribution < 1.29 is 9.53 Å². The van der Waals surface area contributed by atoms with E-state index < -0.39 is 0 Å². The van der Waals surface area contributed by atoms with Gasteiger partial charge in [0.25, 0.3) is 0 Å². The Balaban J connectivity index is 3.80. The molecule has 0 bridgehead atoms. The highest BCUT2D eigenvalue weighted by Crippen LogP contribution is 1.91. The van der Waals surface area contributed by atoms with Gasteiger partial charge in [0.1, 0.15) is 0 Å². The molecule has 0 rings (SSSR count). The molecule has 0 aromatic heterocycles. The molecule has 0 saturated carbocycles. The van der Waals surface area contributed by atoms with Crippen molar-refractivity contribution in [2.24, 2.45) is 0 Å². The first kappa shape index (κ1) is 13.7. The van der Waals surface area contributed by atoms with Crippen molar-refractivity contribution in [3.8, 4) is 0 Å². The van der Waals surface area contributed by atoms with E-state index in [1.165, 1.54) is 0 Å². The van der Waals surface area contributed by atoms with Crippen LogP contribution in [0.3, 0.4) is 0 Å². The highest BCUT2D eigenvalue weighted by atomic mass is 16.5. The minimum absolute atomic E-state index is 0.0918. The second-order valence-corrected chi connectivity index (χ2v) is 3.06. The van der Waals surface area contributed by atoms with Crippen molar-refractivity contribution in [3.63, 3.8) is 0 Å². The zero-order chi connectivity index (χ0) is 11.5. The van der Waals surface area contributed by atoms with Gasteiger partial charge < -0.3 is 15.0 Å². The van der Waals surface area contributed by atoms with E-state index in [0.717, 1.165) is 6.42 Å². The number of ether oxygens (including phenoxy) is 1. The minimum atomic E-state index is -0.0918. The number of hydrogen-bond acceptors (Lipinski definition) is 2. The second-order valence-electron chi connectivity index (χ2n) is 3.06. The lowest BCUT2D eigenvalue weighted by Crippen LogP contribution is -2.40. The van der Waals surface area contributed by atoms with Gasteiger partial charge in [-0.15, -0.1) is 13.2 Å². The van der Waals surface area contributed by atoms with E-state index in [4.69, 9.17) is 4.74 Å². The fourth-order valence-electron chi connectivity index (χ4n) is 1.08. The van der Waals surface area contributed by atoms with E-state index in [1.807, 2.05) is 0 Å². The Hall–Kier alpha value is -1.29. The molecule has 0 fully saturated rings. The van der Waals surface area contributed by atoms with Crippen molar-refractivity contribution in [1.29, 1.82) is 0 Å². The number of amides is 2. The van der Waals surface area contributed by atoms with Gasteiger partial charge in [0.05, 0.1) is 0 Å². The maximum Gasteiger partial charge on any atom is 0.317 e. The lowest BCUT2D eigenvalue weighted by Gasteiger charge is -2.19. The third-order valence-electron chi connectivity index (χ3n) is 1.79. The van der Waals surface area contributed by atoms with Gasteiger partial charge in [-0.05, 0) is 6.42 Å². The summed E-state index contributed by atoms with van der Waals surface area (Å²) in [6.45, 7) is 9.54. The van der Waals surface area contributed by atoms with Crippen molar-refractivity contribution in [2.75, 3.05) is 33.4 Å². The monoisotopic (exact) mass is 212 g/mol. The van der Waals surface area contributed by atoms with Crippen LogP contribution in [0.25, 0.3) is 0 Å². The Kier molecular flexibility index (Phi) is 8.47. The largest absolute Gasteiger partial charge is 0.385 e. The summed E-state index contributed by atoms with van der Waals surface area (Å²) >= 11 is 0. The summed E-state index contributed by atoms with van der Waals surface area (Å²) in [7, 11) is 1.64. The molecule has 0 spiro atoms. The van der Waals surface area contributed by atoms with Crippen molar-refractivity contribution >= 4 is 6.03 Å². The molecule has 4 heteroatoms. The Morgan fingerprint density at radius 2 is 2.00 bits per heavy atom. The zero-order valence-electron chi connectivity index (χ0n) is 9.37. The normalized spacial score (nSPS) is 9.40. The van der Waals surface area contributed by atoms with Crippen molar-refractivity contribution in [1.82, 2.24) is 10.2 Å². The smallest absolute Gasteiger partial charge is 0.317 e. The van der Waals surface area contributed by atoms with Gasteiger partial charge in [-0.25, -0.2) is 4.79 Å². The molecule has 0 aliphatic heterocycles. The summed E-state index contributed by atoms with van der Waals surface area (Å²) in [6.07, 6.45) is 4.20. The number of carbonyl (C=O) groups excluding carboxylic acids is 1. The first-order chi connectivity index (χ1) is 7.26. The SMILES string of the molecule is C=CCN(CC=C)C(=O)NCCCOC. The highest BCUT2D eigenvalue weighted by Gasteiger charge is 2.08. The Morgan fingerprint density at radius 1 is 1.40 bits per heavy atom. The topological polar surface area (TPSA) is 41.6 Å². The molecule has 0 radical (unpaired) electrons. The zero-order valence-corrected chi connectivity index (χ0v) is 9.37. The number of carbonyl (C=O) groups is 1. The molecular formula is C11H20N2O2. The molecule has 0 aromatic carbocycles. The molecule has 0 saturated heterocycles. The van der Waals surface area contributed by atoms with Crippen molar-refractivity contribution in [3.05, 3.63) is 25.3 Å². The van der Waals surface area contributed by atoms with Crippen LogP contribution in [0.15, 0.2) is 25.3 Å². The van der Waals surface area contributed by atoms with Crippen molar-refractivity contribution in [2.45, 2.75) is 6.42 Å². The Morgan fingerprint density at radius 3 is 2.47 bits per heavy atom. The van der Waals surface area contributed by atoms with E-state index in [-0.39, 0.29) is 6.03 Å². The third-order valence-corrected chi connectivity index (χ3v) is 1.79. The van der Waals surface area contributed by atoms with Crippen LogP contribution in [-0.2, 0) is 4.74 Å². The summed E-state index contributed by atoms with van der Waals surface area (Å²) in [5, 5.41) is 2.80. The molecule has 86 valence electrons. The molecule has 0 heterocycles. The van der Waals surface area contributed by atoms with Crippen LogP contribution in [0.4, 0.5) is 4.79 Å². The summed E-state index contributed by atoms with van der Waals surface area (Å²) in [5.74, 6) is 0. The molecule has 0 atom stereocenters. The molecule has 15 heavy (non-hydrogen) atoms. The third kappa shape index (κ3) is 6.74. The van der Waals surface area contributed by atoms with Gasteiger partial charge in [-0.3, -0.25) is 0 Å². The predicted octanol–water partition coefficient (Wildman–Crippen LogP) is 1.41. The summed E-state index contributed by atoms with van der Waals surface area (Å²) in [4.78, 5) is 13.2. The fraction of sp³-hybridized carbons (Fsp3) is 0.545. The van der Waals surface area contributed by atoms with Crippen LogP contribution < -0.4 is 5.32 Å². The van der Waals surface area contributed by atoms with Gasteiger partial charge in [0, 0.05) is 33.4 Å². The van der Waals surface area contributed by atoms with Gasteiger partial charge in [-0.2, -0.15) is 0 Å². The standard InChI is InChI=1S/C11H20N2O2/c1-4-8-13(9-5-2)11(14)12-7-6-10-15-3/h4-5H,1-2,6-10H2,3H3,(H,12,14). The van der Waals surface area contributed by atoms with Gasteiger partial charge in [0.2, 0.25) is 0 Å². The lowest BCUT2D eigenvalue weighted by molar-refractivity contribution is 0.188. The van der Waals surface area contributed by atoms with E-state index >= 15 is 0 Å². The number of nitrogens with one attached hydrogen (secondary N) is 1. The summed E-state index contributed by atoms with van der Waals surface area (Å²) in [5.41, 5.74) is 0. The lowest BCUT2D eigenvalue weighted by atomic mass is 10.4. The van der Waals surface area contributed by atoms with E-state index in [0.29, 0.717) is 26.2 Å². The molecule has 4 nitrogen and oxygen atoms in total. The summed E-state index contributed by atoms with van der Waals surface area (Å²) in [6, 6.07) is -0.0918. The number of rotatable bonds is 8. The van der Waals surface area contributed by atoms with Crippen LogP contribution in [0.2, 0.25) is 0 Å². The van der Waals surface area contributed by atoms with Crippen LogP contribution in [-0.4, -0.2) is 44.3 Å². The van der Waals surface area contributed by atoms with E-state index in [9.17, 15) is 4.79 Å². The maximum atomic E-state index is 11.6. The van der Waals surface area contributed by atoms with Gasteiger partial charge in [-0.1, -0.05) is 12.2 Å². The number of hydrogen-bond donors (Lipinski definition) is 1. The molecule has 0 unspecified atom stereocenters. The highest BCUT2D eigenvalue weighted by molar-refractivity contribution is 5.74. The van der Waals surface area contributed by atoms with E-state index in [2.05, 4.69) is 18.5 Å². The minimum Gasteiger partial charge on any atom is -0.385 e. The first-order valence-electron chi connectivity index (χ1n) is 4.99. The van der Waals surface area contributed by atoms with Crippen LogP contribution >= 0.6 is 0 Å². The molecule has 1 N–H and O–H groups in total. The maximum absolute atomic E-state index is 11.6. The number of nitrogens with zero attached hydrogens (tertiary/aromatic N) is 1.